The molecule has 1 aromatic carbocycles. The van der Waals surface area contributed by atoms with Gasteiger partial charge in [-0.3, -0.25) is 10.1 Å². The van der Waals surface area contributed by atoms with Crippen LogP contribution < -0.4 is 4.72 Å². The lowest BCUT2D eigenvalue weighted by atomic mass is 10.3. The van der Waals surface area contributed by atoms with Crippen LogP contribution in [-0.4, -0.2) is 34.1 Å². The standard InChI is InChI=1S/C15H19N5O4S2/c1-9(2)18-26(23,24)11-6-7-13(12(8-11)20(21)22)25-15-17-16-14(19(15)3)10-4-5-10/h6-10,18H,4-5H2,1-3H3. The number of hydrogen-bond donors (Lipinski definition) is 1. The van der Waals surface area contributed by atoms with Gasteiger partial charge in [0, 0.05) is 25.1 Å². The highest BCUT2D eigenvalue weighted by Crippen LogP contribution is 2.41. The van der Waals surface area contributed by atoms with Crippen molar-refractivity contribution in [3.63, 3.8) is 0 Å². The van der Waals surface area contributed by atoms with Crippen LogP contribution in [0.15, 0.2) is 33.1 Å². The Morgan fingerprint density at radius 2 is 2.04 bits per heavy atom. The van der Waals surface area contributed by atoms with E-state index in [1.807, 2.05) is 11.6 Å². The van der Waals surface area contributed by atoms with E-state index in [1.54, 1.807) is 13.8 Å². The summed E-state index contributed by atoms with van der Waals surface area (Å²) in [5.41, 5.74) is -0.280. The minimum absolute atomic E-state index is 0.140. The maximum Gasteiger partial charge on any atom is 0.284 e. The lowest BCUT2D eigenvalue weighted by Crippen LogP contribution is -2.30. The molecule has 1 saturated carbocycles. The molecule has 0 radical (unpaired) electrons. The summed E-state index contributed by atoms with van der Waals surface area (Å²) in [7, 11) is -1.98. The Balaban J connectivity index is 1.94. The first kappa shape index (κ1) is 18.8. The molecule has 1 fully saturated rings. The van der Waals surface area contributed by atoms with E-state index < -0.39 is 14.9 Å². The van der Waals surface area contributed by atoms with Crippen LogP contribution in [0.3, 0.4) is 0 Å². The number of nitrogens with one attached hydrogen (secondary N) is 1. The summed E-state index contributed by atoms with van der Waals surface area (Å²) in [5, 5.41) is 20.2. The summed E-state index contributed by atoms with van der Waals surface area (Å²) in [6.45, 7) is 3.36. The van der Waals surface area contributed by atoms with Crippen molar-refractivity contribution in [3.05, 3.63) is 34.1 Å². The van der Waals surface area contributed by atoms with E-state index in [9.17, 15) is 18.5 Å². The van der Waals surface area contributed by atoms with E-state index >= 15 is 0 Å². The Bertz CT molecular complexity index is 951. The van der Waals surface area contributed by atoms with Crippen molar-refractivity contribution in [2.75, 3.05) is 0 Å². The molecule has 1 aliphatic carbocycles. The fourth-order valence-electron chi connectivity index (χ4n) is 2.48. The molecule has 0 saturated heterocycles. The highest BCUT2D eigenvalue weighted by molar-refractivity contribution is 7.99. The van der Waals surface area contributed by atoms with Crippen molar-refractivity contribution in [1.29, 1.82) is 0 Å². The van der Waals surface area contributed by atoms with Crippen molar-refractivity contribution in [2.24, 2.45) is 7.05 Å². The van der Waals surface area contributed by atoms with Gasteiger partial charge >= 0.3 is 0 Å². The van der Waals surface area contributed by atoms with Crippen LogP contribution >= 0.6 is 11.8 Å². The summed E-state index contributed by atoms with van der Waals surface area (Å²) < 4.78 is 28.8. The summed E-state index contributed by atoms with van der Waals surface area (Å²) in [5.74, 6) is 1.28. The highest BCUT2D eigenvalue weighted by atomic mass is 32.2. The summed E-state index contributed by atoms with van der Waals surface area (Å²) in [4.78, 5) is 11.0. The molecule has 2 aromatic rings. The highest BCUT2D eigenvalue weighted by Gasteiger charge is 2.30. The number of aromatic nitrogens is 3. The first-order valence-electron chi connectivity index (χ1n) is 8.07. The lowest BCUT2D eigenvalue weighted by molar-refractivity contribution is -0.388. The average molecular weight is 397 g/mol. The second-order valence-corrected chi connectivity index (χ2v) is 9.16. The molecule has 3 rings (SSSR count). The molecule has 1 heterocycles. The molecule has 1 aliphatic rings. The molecule has 0 bridgehead atoms. The molecular weight excluding hydrogens is 378 g/mol. The summed E-state index contributed by atoms with van der Waals surface area (Å²) in [6.07, 6.45) is 2.15. The van der Waals surface area contributed by atoms with Crippen molar-refractivity contribution in [3.8, 4) is 0 Å². The molecule has 0 aliphatic heterocycles. The van der Waals surface area contributed by atoms with E-state index in [0.29, 0.717) is 16.0 Å². The number of benzene rings is 1. The largest absolute Gasteiger partial charge is 0.309 e. The molecule has 0 spiro atoms. The molecule has 0 atom stereocenters. The van der Waals surface area contributed by atoms with E-state index in [0.717, 1.165) is 36.5 Å². The van der Waals surface area contributed by atoms with Crippen LogP contribution in [0, 0.1) is 10.1 Å². The Kier molecular flexibility index (Phi) is 5.04. The van der Waals surface area contributed by atoms with Crippen molar-refractivity contribution < 1.29 is 13.3 Å². The Labute approximate surface area is 155 Å². The third-order valence-electron chi connectivity index (χ3n) is 3.84. The smallest absolute Gasteiger partial charge is 0.284 e. The van der Waals surface area contributed by atoms with Gasteiger partial charge in [-0.25, -0.2) is 13.1 Å². The van der Waals surface area contributed by atoms with E-state index in [4.69, 9.17) is 0 Å². The SMILES string of the molecule is CC(C)NS(=O)(=O)c1ccc(Sc2nnc(C3CC3)n2C)c([N+](=O)[O-])c1. The zero-order valence-corrected chi connectivity index (χ0v) is 16.2. The average Bonchev–Trinajstić information content (AvgIpc) is 3.31. The predicted molar refractivity (Wildman–Crippen MR) is 95.7 cm³/mol. The zero-order valence-electron chi connectivity index (χ0n) is 14.5. The molecule has 1 aromatic heterocycles. The van der Waals surface area contributed by atoms with Gasteiger partial charge in [-0.1, -0.05) is 0 Å². The monoisotopic (exact) mass is 397 g/mol. The topological polar surface area (TPSA) is 120 Å². The molecular formula is C15H19N5O4S2. The fraction of sp³-hybridized carbons (Fsp3) is 0.467. The van der Waals surface area contributed by atoms with E-state index in [-0.39, 0.29) is 16.6 Å². The van der Waals surface area contributed by atoms with Gasteiger partial charge in [0.05, 0.1) is 14.7 Å². The van der Waals surface area contributed by atoms with Gasteiger partial charge in [0.2, 0.25) is 10.0 Å². The second kappa shape index (κ2) is 6.97. The molecule has 26 heavy (non-hydrogen) atoms. The van der Waals surface area contributed by atoms with Crippen LogP contribution in [0.5, 0.6) is 0 Å². The van der Waals surface area contributed by atoms with Crippen molar-refractivity contribution in [2.45, 2.75) is 53.6 Å². The van der Waals surface area contributed by atoms with E-state index in [1.165, 1.54) is 12.1 Å². The van der Waals surface area contributed by atoms with Crippen LogP contribution in [0.25, 0.3) is 0 Å². The number of sulfonamides is 1. The van der Waals surface area contributed by atoms with Gasteiger partial charge < -0.3 is 4.57 Å². The van der Waals surface area contributed by atoms with E-state index in [2.05, 4.69) is 14.9 Å². The Morgan fingerprint density at radius 1 is 1.35 bits per heavy atom. The van der Waals surface area contributed by atoms with Gasteiger partial charge in [0.15, 0.2) is 5.16 Å². The number of nitro groups is 1. The van der Waals surface area contributed by atoms with Gasteiger partial charge in [0.1, 0.15) is 5.82 Å². The van der Waals surface area contributed by atoms with Gasteiger partial charge in [-0.2, -0.15) is 0 Å². The number of rotatable bonds is 7. The predicted octanol–water partition coefficient (Wildman–Crippen LogP) is 2.44. The van der Waals surface area contributed by atoms with Crippen LogP contribution in [0.2, 0.25) is 0 Å². The zero-order chi connectivity index (χ0) is 19.1. The molecule has 9 nitrogen and oxygen atoms in total. The third kappa shape index (κ3) is 3.89. The molecule has 1 N–H and O–H groups in total. The molecule has 140 valence electrons. The van der Waals surface area contributed by atoms with Crippen LogP contribution in [-0.2, 0) is 17.1 Å². The third-order valence-corrected chi connectivity index (χ3v) is 6.60. The number of hydrogen-bond acceptors (Lipinski definition) is 7. The van der Waals surface area contributed by atoms with Gasteiger partial charge in [-0.15, -0.1) is 10.2 Å². The first-order valence-corrected chi connectivity index (χ1v) is 10.4. The van der Waals surface area contributed by atoms with Crippen molar-refractivity contribution >= 4 is 27.5 Å². The minimum atomic E-state index is -3.81. The Hall–Kier alpha value is -1.98. The summed E-state index contributed by atoms with van der Waals surface area (Å²) in [6, 6.07) is 3.56. The van der Waals surface area contributed by atoms with Gasteiger partial charge in [-0.05, 0) is 50.6 Å². The van der Waals surface area contributed by atoms with Crippen molar-refractivity contribution in [1.82, 2.24) is 19.5 Å². The van der Waals surface area contributed by atoms with Crippen LogP contribution in [0.4, 0.5) is 5.69 Å². The maximum absolute atomic E-state index is 12.3. The van der Waals surface area contributed by atoms with Crippen LogP contribution in [0.1, 0.15) is 38.4 Å². The molecule has 0 unspecified atom stereocenters. The lowest BCUT2D eigenvalue weighted by Gasteiger charge is -2.10. The van der Waals surface area contributed by atoms with Gasteiger partial charge in [0.25, 0.3) is 5.69 Å². The number of nitro benzene ring substituents is 1. The quantitative estimate of drug-likeness (QED) is 0.563. The first-order chi connectivity index (χ1) is 12.2. The Morgan fingerprint density at radius 3 is 2.62 bits per heavy atom. The molecule has 0 amide bonds. The normalized spacial score (nSPS) is 14.8. The fourth-order valence-corrected chi connectivity index (χ4v) is 4.64. The minimum Gasteiger partial charge on any atom is -0.309 e. The second-order valence-electron chi connectivity index (χ2n) is 6.44. The maximum atomic E-state index is 12.3. The molecule has 11 heteroatoms. The number of nitrogens with zero attached hydrogens (tertiary/aromatic N) is 4. The summed E-state index contributed by atoms with van der Waals surface area (Å²) >= 11 is 1.10.